The van der Waals surface area contributed by atoms with Crippen LogP contribution in [0, 0.1) is 5.82 Å². The van der Waals surface area contributed by atoms with Crippen molar-refractivity contribution in [3.8, 4) is 0 Å². The summed E-state index contributed by atoms with van der Waals surface area (Å²) in [6, 6.07) is 0.499. The Balaban J connectivity index is 0.000000308. The number of rotatable bonds is 7. The van der Waals surface area contributed by atoms with Gasteiger partial charge in [0.05, 0.1) is 17.3 Å². The fraction of sp³-hybridized carbons (Fsp3) is 0.560. The molecule has 36 heavy (non-hydrogen) atoms. The molecule has 0 saturated carbocycles. The first-order valence-electron chi connectivity index (χ1n) is 12.3. The third kappa shape index (κ3) is 5.85. The Morgan fingerprint density at radius 1 is 1.19 bits per heavy atom. The van der Waals surface area contributed by atoms with Gasteiger partial charge in [-0.25, -0.2) is 9.18 Å². The number of carbonyl (C=O) groups is 2. The summed E-state index contributed by atoms with van der Waals surface area (Å²) < 4.78 is 16.8. The van der Waals surface area contributed by atoms with Crippen molar-refractivity contribution in [1.29, 1.82) is 0 Å². The zero-order chi connectivity index (χ0) is 26.6. The molecule has 0 spiro atoms. The molecule has 1 saturated heterocycles. The van der Waals surface area contributed by atoms with Crippen LogP contribution in [0.1, 0.15) is 67.4 Å². The minimum Gasteiger partial charge on any atom is -0.480 e. The number of aliphatic carboxylic acids is 1. The largest absolute Gasteiger partial charge is 0.480 e. The fourth-order valence-electron chi connectivity index (χ4n) is 4.85. The third-order valence-electron chi connectivity index (χ3n) is 6.92. The topological polar surface area (TPSA) is 172 Å². The molecule has 4 rings (SSSR count). The number of pyridine rings is 1. The van der Waals surface area contributed by atoms with Gasteiger partial charge in [-0.1, -0.05) is 6.42 Å². The number of aromatic carboxylic acids is 1. The molecule has 11 heteroatoms. The predicted molar refractivity (Wildman–Crippen MR) is 134 cm³/mol. The van der Waals surface area contributed by atoms with Crippen LogP contribution in [0.4, 0.5) is 10.1 Å². The third-order valence-corrected chi connectivity index (χ3v) is 6.92. The highest BCUT2D eigenvalue weighted by Gasteiger charge is 2.30. The highest BCUT2D eigenvalue weighted by Crippen LogP contribution is 2.38. The molecule has 2 aliphatic heterocycles. The summed E-state index contributed by atoms with van der Waals surface area (Å²) in [5.41, 5.74) is 11.4. The lowest BCUT2D eigenvalue weighted by Gasteiger charge is -2.36. The lowest BCUT2D eigenvalue weighted by molar-refractivity contribution is -0.138. The van der Waals surface area contributed by atoms with Crippen LogP contribution in [0.25, 0.3) is 10.9 Å². The molecule has 3 heterocycles. The molecule has 7 N–H and O–H groups in total. The number of aromatic nitrogens is 1. The number of hydrogen-bond donors (Lipinski definition) is 5. The zero-order valence-electron chi connectivity index (χ0n) is 20.5. The first-order valence-corrected chi connectivity index (χ1v) is 12.3. The molecule has 0 bridgehead atoms. The van der Waals surface area contributed by atoms with Gasteiger partial charge < -0.3 is 36.3 Å². The average Bonchev–Trinajstić information content (AvgIpc) is 2.83. The van der Waals surface area contributed by atoms with Gasteiger partial charge in [-0.3, -0.25) is 9.59 Å². The number of aliphatic hydroxyl groups excluding tert-OH is 1. The Labute approximate surface area is 208 Å². The molecule has 1 aromatic carbocycles. The molecule has 0 radical (unpaired) electrons. The van der Waals surface area contributed by atoms with E-state index in [1.54, 1.807) is 4.57 Å². The Hall–Kier alpha value is -3.02. The summed E-state index contributed by atoms with van der Waals surface area (Å²) in [7, 11) is 0. The summed E-state index contributed by atoms with van der Waals surface area (Å²) in [5.74, 6) is -2.73. The van der Waals surface area contributed by atoms with E-state index in [1.807, 2.05) is 11.8 Å². The molecule has 0 unspecified atom stereocenters. The van der Waals surface area contributed by atoms with Crippen molar-refractivity contribution >= 4 is 28.5 Å². The molecule has 0 amide bonds. The molecular formula is C25H35FN4O6. The molecule has 1 fully saturated rings. The van der Waals surface area contributed by atoms with Crippen LogP contribution in [0.2, 0.25) is 0 Å². The molecule has 2 atom stereocenters. The van der Waals surface area contributed by atoms with Gasteiger partial charge in [0, 0.05) is 36.3 Å². The number of aliphatic hydroxyl groups is 1. The minimum absolute atomic E-state index is 0.0326. The number of unbranched alkanes of at least 4 members (excludes halogenated alkanes) is 1. The lowest BCUT2D eigenvalue weighted by Crippen LogP contribution is -2.37. The van der Waals surface area contributed by atoms with E-state index in [2.05, 4.69) is 0 Å². The minimum atomic E-state index is -1.30. The van der Waals surface area contributed by atoms with Gasteiger partial charge in [-0.05, 0) is 58.1 Å². The Bertz CT molecular complexity index is 1180. The van der Waals surface area contributed by atoms with Crippen LogP contribution in [-0.2, 0) is 11.2 Å². The summed E-state index contributed by atoms with van der Waals surface area (Å²) in [6.07, 6.45) is 5.74. The van der Waals surface area contributed by atoms with Crippen LogP contribution in [0.5, 0.6) is 0 Å². The lowest BCUT2D eigenvalue weighted by atomic mass is 9.93. The molecule has 2 aromatic rings. The van der Waals surface area contributed by atoms with Crippen LogP contribution in [0.3, 0.4) is 0 Å². The monoisotopic (exact) mass is 506 g/mol. The molecule has 10 nitrogen and oxygen atoms in total. The highest BCUT2D eigenvalue weighted by atomic mass is 19.1. The average molecular weight is 507 g/mol. The molecular weight excluding hydrogens is 471 g/mol. The second kappa shape index (κ2) is 11.8. The van der Waals surface area contributed by atoms with Crippen molar-refractivity contribution in [2.75, 3.05) is 24.5 Å². The van der Waals surface area contributed by atoms with Gasteiger partial charge in [-0.2, -0.15) is 0 Å². The first kappa shape index (κ1) is 27.6. The number of carboxylic acid groups (broad SMARTS) is 2. The number of carboxylic acids is 2. The normalized spacial score (nSPS) is 18.5. The quantitative estimate of drug-likeness (QED) is 0.351. The van der Waals surface area contributed by atoms with Crippen molar-refractivity contribution in [2.45, 2.75) is 70.1 Å². The molecule has 2 aliphatic rings. The summed E-state index contributed by atoms with van der Waals surface area (Å²) in [6.45, 7) is 3.69. The number of nitrogens with zero attached hydrogens (tertiary/aromatic N) is 2. The maximum atomic E-state index is 15.0. The predicted octanol–water partition coefficient (Wildman–Crippen LogP) is 1.83. The number of halogens is 1. The van der Waals surface area contributed by atoms with Crippen molar-refractivity contribution in [3.05, 3.63) is 39.4 Å². The fourth-order valence-corrected chi connectivity index (χ4v) is 4.85. The van der Waals surface area contributed by atoms with Crippen LogP contribution < -0.4 is 21.8 Å². The molecule has 0 aliphatic carbocycles. The molecule has 1 aromatic heterocycles. The SMILES string of the molecule is C[C@H]1CCc2c(N3CCC(O)CC3)c(F)cc3c(=O)c(C(=O)O)cn1c23.NCCCC[C@H](N)C(=O)O. The smallest absolute Gasteiger partial charge is 0.341 e. The zero-order valence-corrected chi connectivity index (χ0v) is 20.5. The summed E-state index contributed by atoms with van der Waals surface area (Å²) in [5, 5.41) is 27.5. The number of hydrogen-bond acceptors (Lipinski definition) is 7. The van der Waals surface area contributed by atoms with E-state index in [4.69, 9.17) is 16.6 Å². The number of aryl methyl sites for hydroxylation is 1. The second-order valence-corrected chi connectivity index (χ2v) is 9.50. The van der Waals surface area contributed by atoms with Crippen LogP contribution >= 0.6 is 0 Å². The number of anilines is 1. The van der Waals surface area contributed by atoms with E-state index in [-0.39, 0.29) is 23.1 Å². The number of nitrogens with two attached hydrogens (primary N) is 2. The maximum absolute atomic E-state index is 15.0. The van der Waals surface area contributed by atoms with E-state index in [9.17, 15) is 24.6 Å². The Morgan fingerprint density at radius 2 is 1.86 bits per heavy atom. The number of piperidine rings is 1. The van der Waals surface area contributed by atoms with Crippen molar-refractivity contribution < 1.29 is 29.3 Å². The Kier molecular flexibility index (Phi) is 9.04. The van der Waals surface area contributed by atoms with Gasteiger partial charge >= 0.3 is 11.9 Å². The van der Waals surface area contributed by atoms with Gasteiger partial charge in [0.25, 0.3) is 0 Å². The van der Waals surface area contributed by atoms with E-state index < -0.39 is 29.2 Å². The van der Waals surface area contributed by atoms with Gasteiger partial charge in [-0.15, -0.1) is 0 Å². The standard InChI is InChI=1S/C19H21FN2O4.C6H14N2O2/c1-10-2-3-12-16-13(18(24)14(19(25)26)9-22(10)16)8-15(20)17(12)21-6-4-11(23)5-7-21;7-4-2-1-3-5(8)6(9)10/h8-11,23H,2-7H2,1H3,(H,25,26);5H,1-4,7-8H2,(H,9,10)/t10-;5-/m00/s1. The van der Waals surface area contributed by atoms with E-state index in [1.165, 1.54) is 12.3 Å². The maximum Gasteiger partial charge on any atom is 0.341 e. The summed E-state index contributed by atoms with van der Waals surface area (Å²) >= 11 is 0. The van der Waals surface area contributed by atoms with E-state index in [0.717, 1.165) is 24.8 Å². The first-order chi connectivity index (χ1) is 17.1. The van der Waals surface area contributed by atoms with Crippen LogP contribution in [-0.4, -0.2) is 63.6 Å². The van der Waals surface area contributed by atoms with Gasteiger partial charge in [0.2, 0.25) is 5.43 Å². The van der Waals surface area contributed by atoms with E-state index in [0.29, 0.717) is 56.5 Å². The van der Waals surface area contributed by atoms with Gasteiger partial charge in [0.15, 0.2) is 0 Å². The Morgan fingerprint density at radius 3 is 2.44 bits per heavy atom. The van der Waals surface area contributed by atoms with Crippen molar-refractivity contribution in [2.24, 2.45) is 11.5 Å². The summed E-state index contributed by atoms with van der Waals surface area (Å²) in [4.78, 5) is 36.1. The van der Waals surface area contributed by atoms with Gasteiger partial charge in [0.1, 0.15) is 17.4 Å². The van der Waals surface area contributed by atoms with Crippen LogP contribution in [0.15, 0.2) is 17.1 Å². The van der Waals surface area contributed by atoms with Crippen molar-refractivity contribution in [1.82, 2.24) is 4.57 Å². The molecule has 198 valence electrons. The number of benzene rings is 1. The van der Waals surface area contributed by atoms with Crippen molar-refractivity contribution in [3.63, 3.8) is 0 Å². The second-order valence-electron chi connectivity index (χ2n) is 9.50. The van der Waals surface area contributed by atoms with E-state index >= 15 is 4.39 Å². The highest BCUT2D eigenvalue weighted by molar-refractivity contribution is 5.95.